The second kappa shape index (κ2) is 7.86. The predicted octanol–water partition coefficient (Wildman–Crippen LogP) is 5.88. The molecule has 1 N–H and O–H groups in total. The van der Waals surface area contributed by atoms with Crippen molar-refractivity contribution in [3.63, 3.8) is 0 Å². The molecule has 0 aliphatic heterocycles. The Kier molecular flexibility index (Phi) is 6.21. The van der Waals surface area contributed by atoms with E-state index in [0.29, 0.717) is 10.6 Å². The number of carbonyl (C=O) groups excluding carboxylic acids is 1. The van der Waals surface area contributed by atoms with Crippen LogP contribution in [-0.4, -0.2) is 21.9 Å². The molecule has 1 saturated carbocycles. The van der Waals surface area contributed by atoms with Gasteiger partial charge in [-0.15, -0.1) is 0 Å². The third-order valence-corrected chi connectivity index (χ3v) is 4.64. The van der Waals surface area contributed by atoms with Gasteiger partial charge in [-0.3, -0.25) is 5.21 Å². The van der Waals surface area contributed by atoms with Crippen LogP contribution in [0.5, 0.6) is 0 Å². The number of ether oxygens (including phenoxy) is 1. The van der Waals surface area contributed by atoms with Gasteiger partial charge in [-0.2, -0.15) is 18.2 Å². The summed E-state index contributed by atoms with van der Waals surface area (Å²) in [6.07, 6.45) is -0.966. The second-order valence-electron chi connectivity index (χ2n) is 7.79. The molecule has 146 valence electrons. The summed E-state index contributed by atoms with van der Waals surface area (Å²) in [5.74, 6) is -0.0780. The lowest BCUT2D eigenvalue weighted by Crippen LogP contribution is -2.43. The highest BCUT2D eigenvalue weighted by Crippen LogP contribution is 2.41. The van der Waals surface area contributed by atoms with Crippen molar-refractivity contribution in [2.75, 3.05) is 0 Å². The Morgan fingerprint density at radius 3 is 2.35 bits per heavy atom. The second-order valence-corrected chi connectivity index (χ2v) is 7.79. The molecule has 1 amide bonds. The highest BCUT2D eigenvalue weighted by Gasteiger charge is 2.36. The van der Waals surface area contributed by atoms with Crippen molar-refractivity contribution in [2.24, 2.45) is 0 Å². The summed E-state index contributed by atoms with van der Waals surface area (Å²) >= 11 is 0. The lowest BCUT2D eigenvalue weighted by atomic mass is 9.81. The third-order valence-electron chi connectivity index (χ3n) is 4.64. The quantitative estimate of drug-likeness (QED) is 0.532. The Balaban J connectivity index is 2.17. The minimum Gasteiger partial charge on any atom is -0.443 e. The number of halogens is 3. The van der Waals surface area contributed by atoms with E-state index < -0.39 is 23.4 Å². The monoisotopic (exact) mass is 373 g/mol. The molecule has 1 aromatic carbocycles. The van der Waals surface area contributed by atoms with Crippen molar-refractivity contribution >= 4 is 6.09 Å². The fourth-order valence-corrected chi connectivity index (χ4v) is 3.19. The van der Waals surface area contributed by atoms with Crippen LogP contribution in [0.15, 0.2) is 18.2 Å². The molecular formula is C19H26F3NO3. The molecule has 1 fully saturated rings. The molecule has 0 aromatic heterocycles. The molecule has 4 nitrogen and oxygen atoms in total. The Morgan fingerprint density at radius 1 is 1.19 bits per heavy atom. The first kappa shape index (κ1) is 20.6. The van der Waals surface area contributed by atoms with E-state index in [4.69, 9.17) is 4.74 Å². The van der Waals surface area contributed by atoms with Gasteiger partial charge in [0.2, 0.25) is 0 Å². The van der Waals surface area contributed by atoms with Crippen LogP contribution >= 0.6 is 0 Å². The molecule has 0 atom stereocenters. The zero-order chi connectivity index (χ0) is 19.5. The van der Waals surface area contributed by atoms with E-state index >= 15 is 0 Å². The van der Waals surface area contributed by atoms with Crippen molar-refractivity contribution < 1.29 is 27.9 Å². The van der Waals surface area contributed by atoms with Gasteiger partial charge >= 0.3 is 12.3 Å². The highest BCUT2D eigenvalue weighted by molar-refractivity contribution is 5.67. The van der Waals surface area contributed by atoms with E-state index in [9.17, 15) is 23.2 Å². The van der Waals surface area contributed by atoms with Crippen LogP contribution in [0.25, 0.3) is 0 Å². The molecule has 1 aromatic rings. The number of nitrogens with zero attached hydrogens (tertiary/aromatic N) is 1. The van der Waals surface area contributed by atoms with Crippen LogP contribution in [0, 0.1) is 0 Å². The van der Waals surface area contributed by atoms with Crippen molar-refractivity contribution in [3.8, 4) is 0 Å². The van der Waals surface area contributed by atoms with Crippen LogP contribution in [0.2, 0.25) is 0 Å². The van der Waals surface area contributed by atoms with Gasteiger partial charge in [0.1, 0.15) is 6.61 Å². The van der Waals surface area contributed by atoms with Crippen LogP contribution in [0.3, 0.4) is 0 Å². The maximum absolute atomic E-state index is 13.5. The van der Waals surface area contributed by atoms with E-state index in [1.165, 1.54) is 6.07 Å². The average molecular weight is 373 g/mol. The Bertz CT molecular complexity index is 632. The third kappa shape index (κ3) is 5.13. The SMILES string of the molecule is CC(C)(C)N(O)C(=O)OCc1ccc(C2CCCCC2)c(C(F)(F)F)c1. The van der Waals surface area contributed by atoms with Crippen molar-refractivity contribution in [3.05, 3.63) is 34.9 Å². The summed E-state index contributed by atoms with van der Waals surface area (Å²) in [6.45, 7) is 4.49. The fourth-order valence-electron chi connectivity index (χ4n) is 3.19. The zero-order valence-corrected chi connectivity index (χ0v) is 15.4. The fraction of sp³-hybridized carbons (Fsp3) is 0.632. The van der Waals surface area contributed by atoms with Crippen LogP contribution < -0.4 is 0 Å². The molecule has 0 bridgehead atoms. The Morgan fingerprint density at radius 2 is 1.81 bits per heavy atom. The first-order chi connectivity index (χ1) is 12.0. The molecule has 0 radical (unpaired) electrons. The molecule has 0 spiro atoms. The summed E-state index contributed by atoms with van der Waals surface area (Å²) in [7, 11) is 0. The number of benzene rings is 1. The van der Waals surface area contributed by atoms with Crippen LogP contribution in [-0.2, 0) is 17.5 Å². The standard InChI is InChI=1S/C19H26F3NO3/c1-18(2,3)23(25)17(24)26-12-13-9-10-15(14-7-5-4-6-8-14)16(11-13)19(20,21)22/h9-11,14,25H,4-8,12H2,1-3H3. The number of hydroxylamine groups is 2. The summed E-state index contributed by atoms with van der Waals surface area (Å²) in [5.41, 5.74) is -0.952. The molecule has 0 saturated heterocycles. The zero-order valence-electron chi connectivity index (χ0n) is 15.4. The first-order valence-corrected chi connectivity index (χ1v) is 8.86. The van der Waals surface area contributed by atoms with E-state index in [0.717, 1.165) is 38.2 Å². The van der Waals surface area contributed by atoms with E-state index in [2.05, 4.69) is 0 Å². The highest BCUT2D eigenvalue weighted by atomic mass is 19.4. The molecule has 2 rings (SSSR count). The van der Waals surface area contributed by atoms with E-state index in [-0.39, 0.29) is 18.1 Å². The van der Waals surface area contributed by atoms with E-state index in [1.807, 2.05) is 0 Å². The van der Waals surface area contributed by atoms with Gasteiger partial charge in [0.25, 0.3) is 0 Å². The van der Waals surface area contributed by atoms with Gasteiger partial charge in [0.05, 0.1) is 11.1 Å². The van der Waals surface area contributed by atoms with Gasteiger partial charge in [0, 0.05) is 0 Å². The first-order valence-electron chi connectivity index (χ1n) is 8.86. The molecule has 7 heteroatoms. The van der Waals surface area contributed by atoms with Crippen LogP contribution in [0.4, 0.5) is 18.0 Å². The molecule has 1 aliphatic rings. The Labute approximate surface area is 151 Å². The maximum Gasteiger partial charge on any atom is 0.434 e. The van der Waals surface area contributed by atoms with Gasteiger partial charge in [-0.25, -0.2) is 4.79 Å². The Hall–Kier alpha value is -1.76. The topological polar surface area (TPSA) is 49.8 Å². The summed E-state index contributed by atoms with van der Waals surface area (Å²) in [5, 5.41) is 10.1. The number of amides is 1. The molecule has 0 unspecified atom stereocenters. The van der Waals surface area contributed by atoms with Gasteiger partial charge < -0.3 is 4.74 Å². The average Bonchev–Trinajstić information content (AvgIpc) is 2.58. The van der Waals surface area contributed by atoms with Crippen molar-refractivity contribution in [2.45, 2.75) is 77.1 Å². The van der Waals surface area contributed by atoms with Crippen LogP contribution in [0.1, 0.15) is 75.5 Å². The smallest absolute Gasteiger partial charge is 0.434 e. The van der Waals surface area contributed by atoms with Crippen molar-refractivity contribution in [1.82, 2.24) is 5.06 Å². The number of alkyl halides is 3. The molecule has 1 aliphatic carbocycles. The summed E-state index contributed by atoms with van der Waals surface area (Å²) < 4.78 is 45.5. The number of hydrogen-bond acceptors (Lipinski definition) is 3. The minimum atomic E-state index is -4.46. The lowest BCUT2D eigenvalue weighted by molar-refractivity contribution is -0.138. The van der Waals surface area contributed by atoms with Crippen molar-refractivity contribution in [1.29, 1.82) is 0 Å². The van der Waals surface area contributed by atoms with Gasteiger partial charge in [-0.1, -0.05) is 31.4 Å². The molecule has 26 heavy (non-hydrogen) atoms. The molecular weight excluding hydrogens is 347 g/mol. The predicted molar refractivity (Wildman–Crippen MR) is 90.8 cm³/mol. The minimum absolute atomic E-state index is 0.0780. The molecule has 0 heterocycles. The number of carbonyl (C=O) groups is 1. The summed E-state index contributed by atoms with van der Waals surface area (Å²) in [4.78, 5) is 11.8. The maximum atomic E-state index is 13.5. The largest absolute Gasteiger partial charge is 0.443 e. The lowest BCUT2D eigenvalue weighted by Gasteiger charge is -2.28. The number of rotatable bonds is 3. The van der Waals surface area contributed by atoms with E-state index in [1.54, 1.807) is 26.8 Å². The summed E-state index contributed by atoms with van der Waals surface area (Å²) in [6, 6.07) is 4.11. The normalized spacial score (nSPS) is 16.4. The van der Waals surface area contributed by atoms with Gasteiger partial charge in [0.15, 0.2) is 0 Å². The number of hydrogen-bond donors (Lipinski definition) is 1. The van der Waals surface area contributed by atoms with Gasteiger partial charge in [-0.05, 0) is 56.7 Å².